The van der Waals surface area contributed by atoms with Crippen LogP contribution in [0.3, 0.4) is 0 Å². The third-order valence-electron chi connectivity index (χ3n) is 9.62. The smallest absolute Gasteiger partial charge is 0.319 e. The molecule has 44 heavy (non-hydrogen) atoms. The second-order valence-corrected chi connectivity index (χ2v) is 12.3. The minimum absolute atomic E-state index is 0.0158. The van der Waals surface area contributed by atoms with Gasteiger partial charge in [-0.05, 0) is 54.6 Å². The van der Waals surface area contributed by atoms with Gasteiger partial charge < -0.3 is 20.1 Å². The first-order valence-corrected chi connectivity index (χ1v) is 15.0. The van der Waals surface area contributed by atoms with Crippen molar-refractivity contribution in [1.82, 2.24) is 20.2 Å². The van der Waals surface area contributed by atoms with Gasteiger partial charge in [-0.3, -0.25) is 4.90 Å². The zero-order chi connectivity index (χ0) is 30.2. The lowest BCUT2D eigenvalue weighted by molar-refractivity contribution is 0.107. The molecule has 2 N–H and O–H groups in total. The average molecular weight is 598 g/mol. The highest BCUT2D eigenvalue weighted by Gasteiger charge is 2.49. The molecule has 0 saturated carbocycles. The Hall–Kier alpha value is -4.33. The predicted octanol–water partition coefficient (Wildman–Crippen LogP) is 5.09. The number of hydrogen-bond acceptors (Lipinski definition) is 7. The number of alkyl halides is 1. The lowest BCUT2D eigenvalue weighted by Gasteiger charge is -2.35. The van der Waals surface area contributed by atoms with Crippen molar-refractivity contribution in [3.63, 3.8) is 0 Å². The summed E-state index contributed by atoms with van der Waals surface area (Å²) in [6.45, 7) is 2.67. The van der Waals surface area contributed by atoms with Crippen molar-refractivity contribution in [3.8, 4) is 35.2 Å². The van der Waals surface area contributed by atoms with E-state index in [4.69, 9.17) is 16.1 Å². The Morgan fingerprint density at radius 1 is 1.07 bits per heavy atom. The summed E-state index contributed by atoms with van der Waals surface area (Å²) in [5, 5.41) is 15.3. The number of halogens is 3. The van der Waals surface area contributed by atoms with E-state index in [1.807, 2.05) is 0 Å². The third-order valence-corrected chi connectivity index (χ3v) is 9.62. The molecule has 1 aromatic heterocycles. The fourth-order valence-corrected chi connectivity index (χ4v) is 7.67. The SMILES string of the molecule is C#Cc1c(F)ccc2cc(O)cc(-c3ccc4c(N5CC6C=CC(C5)N6)nc(OC[C@@]56CCCN5C[C@H](F)C6)nc4c3F)c12. The first-order chi connectivity index (χ1) is 21.3. The lowest BCUT2D eigenvalue weighted by Crippen LogP contribution is -2.52. The van der Waals surface area contributed by atoms with Gasteiger partial charge in [-0.2, -0.15) is 9.97 Å². The molecule has 8 rings (SSSR count). The summed E-state index contributed by atoms with van der Waals surface area (Å²) < 4.78 is 52.2. The summed E-state index contributed by atoms with van der Waals surface area (Å²) in [7, 11) is 0. The van der Waals surface area contributed by atoms with Gasteiger partial charge in [-0.25, -0.2) is 13.2 Å². The highest BCUT2D eigenvalue weighted by Crippen LogP contribution is 2.42. The molecule has 4 aliphatic heterocycles. The van der Waals surface area contributed by atoms with E-state index in [1.165, 1.54) is 24.3 Å². The molecule has 10 heteroatoms. The number of phenols is 1. The molecule has 4 aromatic rings. The number of rotatable bonds is 5. The molecule has 0 aliphatic carbocycles. The van der Waals surface area contributed by atoms with Gasteiger partial charge in [0.2, 0.25) is 0 Å². The Morgan fingerprint density at radius 3 is 2.68 bits per heavy atom. The van der Waals surface area contributed by atoms with Gasteiger partial charge in [0.05, 0.1) is 11.1 Å². The fraction of sp³-hybridized carbons (Fsp3) is 0.353. The number of benzene rings is 3. The molecule has 0 radical (unpaired) electrons. The van der Waals surface area contributed by atoms with Crippen LogP contribution in [-0.4, -0.2) is 76.6 Å². The van der Waals surface area contributed by atoms with Crippen LogP contribution in [0.5, 0.6) is 11.8 Å². The van der Waals surface area contributed by atoms with Gasteiger partial charge in [0.15, 0.2) is 5.82 Å². The molecule has 4 aliphatic rings. The van der Waals surface area contributed by atoms with Crippen molar-refractivity contribution in [1.29, 1.82) is 0 Å². The van der Waals surface area contributed by atoms with Crippen molar-refractivity contribution >= 4 is 27.5 Å². The number of phenolic OH excluding ortho intramolecular Hbond substituents is 1. The van der Waals surface area contributed by atoms with E-state index < -0.39 is 23.3 Å². The van der Waals surface area contributed by atoms with Crippen LogP contribution in [0.25, 0.3) is 32.8 Å². The number of hydrogen-bond donors (Lipinski definition) is 2. The van der Waals surface area contributed by atoms with Gasteiger partial charge in [-0.15, -0.1) is 6.42 Å². The van der Waals surface area contributed by atoms with Crippen LogP contribution in [0.4, 0.5) is 19.0 Å². The first-order valence-electron chi connectivity index (χ1n) is 15.0. The second-order valence-electron chi connectivity index (χ2n) is 12.3. The Bertz CT molecular complexity index is 1890. The molecule has 7 nitrogen and oxygen atoms in total. The van der Waals surface area contributed by atoms with Crippen LogP contribution < -0.4 is 15.0 Å². The van der Waals surface area contributed by atoms with Crippen molar-refractivity contribution in [2.24, 2.45) is 0 Å². The van der Waals surface area contributed by atoms with Gasteiger partial charge in [0.25, 0.3) is 0 Å². The Balaban J connectivity index is 1.28. The van der Waals surface area contributed by atoms with Crippen molar-refractivity contribution in [2.75, 3.05) is 37.7 Å². The maximum atomic E-state index is 16.8. The molecule has 224 valence electrons. The number of aromatic nitrogens is 2. The third kappa shape index (κ3) is 4.29. The molecule has 2 unspecified atom stereocenters. The van der Waals surface area contributed by atoms with Gasteiger partial charge in [0, 0.05) is 54.5 Å². The monoisotopic (exact) mass is 597 g/mol. The first kappa shape index (κ1) is 27.2. The number of piperazine rings is 1. The van der Waals surface area contributed by atoms with Crippen molar-refractivity contribution in [2.45, 2.75) is 43.1 Å². The van der Waals surface area contributed by atoms with Crippen LogP contribution in [-0.2, 0) is 0 Å². The molecule has 3 aromatic carbocycles. The van der Waals surface area contributed by atoms with Gasteiger partial charge >= 0.3 is 6.01 Å². The molecule has 2 bridgehead atoms. The zero-order valence-corrected chi connectivity index (χ0v) is 23.9. The lowest BCUT2D eigenvalue weighted by atomic mass is 9.93. The summed E-state index contributed by atoms with van der Waals surface area (Å²) >= 11 is 0. The standard InChI is InChI=1S/C34H30F3N5O2/c1-2-24-28(36)9-4-19-12-23(43)13-27(29(19)24)25-7-8-26-31(30(25)37)39-33(40-32(26)41-16-21-5-6-22(17-41)38-21)44-18-34-10-3-11-42(34)15-20(35)14-34/h1,4-9,12-13,20-22,38,43H,3,10-11,14-18H2/t20-,21?,22?,34+/m1/s1. The highest BCUT2D eigenvalue weighted by molar-refractivity contribution is 6.04. The number of aromatic hydroxyl groups is 1. The van der Waals surface area contributed by atoms with Crippen LogP contribution >= 0.6 is 0 Å². The molecule has 0 amide bonds. The van der Waals surface area contributed by atoms with E-state index in [9.17, 15) is 13.9 Å². The van der Waals surface area contributed by atoms with Gasteiger partial charge in [0.1, 0.15) is 35.7 Å². The number of ether oxygens (including phenoxy) is 1. The number of anilines is 1. The minimum atomic E-state index is -0.911. The van der Waals surface area contributed by atoms with E-state index >= 15 is 4.39 Å². The number of nitrogens with one attached hydrogen (secondary N) is 1. The summed E-state index contributed by atoms with van der Waals surface area (Å²) in [5.41, 5.74) is -0.0514. The zero-order valence-electron chi connectivity index (χ0n) is 23.9. The summed E-state index contributed by atoms with van der Waals surface area (Å²) in [5.74, 6) is 1.54. The van der Waals surface area contributed by atoms with Crippen LogP contribution in [0.2, 0.25) is 0 Å². The molecule has 3 saturated heterocycles. The average Bonchev–Trinajstić information content (AvgIpc) is 3.66. The largest absolute Gasteiger partial charge is 0.508 e. The summed E-state index contributed by atoms with van der Waals surface area (Å²) in [4.78, 5) is 13.6. The van der Waals surface area contributed by atoms with E-state index in [1.54, 1.807) is 12.1 Å². The quantitative estimate of drug-likeness (QED) is 0.245. The van der Waals surface area contributed by atoms with Gasteiger partial charge in [-0.1, -0.05) is 30.2 Å². The number of terminal acetylenes is 1. The van der Waals surface area contributed by atoms with Crippen LogP contribution in [0.1, 0.15) is 24.8 Å². The highest BCUT2D eigenvalue weighted by atomic mass is 19.1. The normalized spacial score (nSPS) is 26.0. The molecule has 4 atom stereocenters. The van der Waals surface area contributed by atoms with E-state index in [-0.39, 0.29) is 52.7 Å². The number of nitrogens with zero attached hydrogens (tertiary/aromatic N) is 4. The maximum Gasteiger partial charge on any atom is 0.319 e. The Labute approximate surface area is 252 Å². The van der Waals surface area contributed by atoms with Crippen LogP contribution in [0, 0.1) is 24.0 Å². The van der Waals surface area contributed by atoms with Crippen LogP contribution in [0.15, 0.2) is 48.6 Å². The Morgan fingerprint density at radius 2 is 1.89 bits per heavy atom. The predicted molar refractivity (Wildman–Crippen MR) is 163 cm³/mol. The van der Waals surface area contributed by atoms with E-state index in [0.29, 0.717) is 48.0 Å². The van der Waals surface area contributed by atoms with Crippen molar-refractivity contribution in [3.05, 3.63) is 65.7 Å². The van der Waals surface area contributed by atoms with Crippen molar-refractivity contribution < 1.29 is 23.0 Å². The fourth-order valence-electron chi connectivity index (χ4n) is 7.67. The molecular formula is C34H30F3N5O2. The number of fused-ring (bicyclic) bond motifs is 5. The topological polar surface area (TPSA) is 73.8 Å². The maximum absolute atomic E-state index is 16.8. The van der Waals surface area contributed by atoms with E-state index in [0.717, 1.165) is 19.4 Å². The summed E-state index contributed by atoms with van der Waals surface area (Å²) in [6, 6.07) is 9.21. The molecular weight excluding hydrogens is 567 g/mol. The molecule has 0 spiro atoms. The molecule has 3 fully saturated rings. The second kappa shape index (κ2) is 10.1. The minimum Gasteiger partial charge on any atom is -0.508 e. The summed E-state index contributed by atoms with van der Waals surface area (Å²) in [6.07, 6.45) is 11.2. The molecule has 5 heterocycles. The Kier molecular flexibility index (Phi) is 6.26. The van der Waals surface area contributed by atoms with E-state index in [2.05, 4.69) is 38.2 Å².